The smallest absolute Gasteiger partial charge is 0.334 e. The molecule has 1 aromatic rings. The van der Waals surface area contributed by atoms with E-state index in [1.165, 1.54) is 0 Å². The summed E-state index contributed by atoms with van der Waals surface area (Å²) in [5.41, 5.74) is 1.05. The minimum atomic E-state index is -4.79. The van der Waals surface area contributed by atoms with Crippen LogP contribution < -0.4 is 0 Å². The van der Waals surface area contributed by atoms with E-state index in [2.05, 4.69) is 28.3 Å². The Morgan fingerprint density at radius 2 is 2.00 bits per heavy atom. The molecule has 0 saturated carbocycles. The molecule has 1 saturated heterocycles. The van der Waals surface area contributed by atoms with E-state index in [1.807, 2.05) is 0 Å². The molecule has 0 radical (unpaired) electrons. The first-order valence-electron chi connectivity index (χ1n) is 7.85. The van der Waals surface area contributed by atoms with Crippen molar-refractivity contribution in [3.63, 3.8) is 0 Å². The fourth-order valence-corrected chi connectivity index (χ4v) is 2.78. The first kappa shape index (κ1) is 17.8. The lowest BCUT2D eigenvalue weighted by atomic mass is 10.2. The van der Waals surface area contributed by atoms with Gasteiger partial charge in [-0.25, -0.2) is 4.98 Å². The number of nitrogens with zero attached hydrogens (tertiary/aromatic N) is 4. The summed E-state index contributed by atoms with van der Waals surface area (Å²) in [7, 11) is 0. The van der Waals surface area contributed by atoms with Crippen LogP contribution in [-0.4, -0.2) is 57.6 Å². The zero-order valence-corrected chi connectivity index (χ0v) is 13.5. The Morgan fingerprint density at radius 3 is 2.65 bits per heavy atom. The standard InChI is InChI=1S/C15H23F3N4O/c1-12(2)9-22-11-19-8-13(22)10-20-4-3-5-21(7-6-20)14(23)15(16,17)18/h8,11-12H,3-7,9-10H2,1-2H3. The van der Waals surface area contributed by atoms with Crippen LogP contribution in [0.4, 0.5) is 13.2 Å². The van der Waals surface area contributed by atoms with E-state index in [1.54, 1.807) is 12.5 Å². The summed E-state index contributed by atoms with van der Waals surface area (Å²) in [6, 6.07) is 0. The summed E-state index contributed by atoms with van der Waals surface area (Å²) in [5, 5.41) is 0. The molecule has 0 atom stereocenters. The van der Waals surface area contributed by atoms with Crippen LogP contribution in [-0.2, 0) is 17.9 Å². The molecule has 1 aliphatic heterocycles. The first-order valence-corrected chi connectivity index (χ1v) is 7.85. The van der Waals surface area contributed by atoms with Crippen molar-refractivity contribution < 1.29 is 18.0 Å². The van der Waals surface area contributed by atoms with Crippen molar-refractivity contribution in [1.82, 2.24) is 19.4 Å². The summed E-state index contributed by atoms with van der Waals surface area (Å²) < 4.78 is 39.7. The van der Waals surface area contributed by atoms with Gasteiger partial charge < -0.3 is 9.47 Å². The molecule has 0 aromatic carbocycles. The molecule has 8 heteroatoms. The Hall–Kier alpha value is -1.57. The largest absolute Gasteiger partial charge is 0.471 e. The normalized spacial score (nSPS) is 17.6. The maximum Gasteiger partial charge on any atom is 0.471 e. The van der Waals surface area contributed by atoms with E-state index in [0.717, 1.165) is 17.1 Å². The second-order valence-electron chi connectivity index (χ2n) is 6.35. The number of aromatic nitrogens is 2. The zero-order chi connectivity index (χ0) is 17.0. The molecule has 1 amide bonds. The fourth-order valence-electron chi connectivity index (χ4n) is 2.78. The summed E-state index contributed by atoms with van der Waals surface area (Å²) in [6.45, 7) is 7.12. The maximum atomic E-state index is 12.5. The Balaban J connectivity index is 1.94. The van der Waals surface area contributed by atoms with Crippen molar-refractivity contribution in [3.8, 4) is 0 Å². The second kappa shape index (κ2) is 7.33. The third kappa shape index (κ3) is 4.95. The SMILES string of the molecule is CC(C)Cn1cncc1CN1CCCN(C(=O)C(F)(F)F)CC1. The molecule has 1 aliphatic rings. The van der Waals surface area contributed by atoms with E-state index in [0.29, 0.717) is 32.0 Å². The van der Waals surface area contributed by atoms with Gasteiger partial charge in [0.15, 0.2) is 0 Å². The van der Waals surface area contributed by atoms with Crippen molar-refractivity contribution in [3.05, 3.63) is 18.2 Å². The average Bonchev–Trinajstić information content (AvgIpc) is 2.73. The molecule has 5 nitrogen and oxygen atoms in total. The van der Waals surface area contributed by atoms with Gasteiger partial charge in [-0.3, -0.25) is 9.69 Å². The van der Waals surface area contributed by atoms with Crippen LogP contribution in [0, 0.1) is 5.92 Å². The van der Waals surface area contributed by atoms with E-state index in [9.17, 15) is 18.0 Å². The quantitative estimate of drug-likeness (QED) is 0.848. The van der Waals surface area contributed by atoms with Gasteiger partial charge in [-0.1, -0.05) is 13.8 Å². The third-order valence-corrected chi connectivity index (χ3v) is 3.86. The predicted octanol–water partition coefficient (Wildman–Crippen LogP) is 2.14. The van der Waals surface area contributed by atoms with Gasteiger partial charge in [0.2, 0.25) is 0 Å². The number of imidazole rings is 1. The number of hydrogen-bond donors (Lipinski definition) is 0. The van der Waals surface area contributed by atoms with Crippen LogP contribution in [0.25, 0.3) is 0 Å². The molecule has 1 fully saturated rings. The molecule has 0 N–H and O–H groups in total. The Kier molecular flexibility index (Phi) is 5.67. The number of alkyl halides is 3. The van der Waals surface area contributed by atoms with Crippen molar-refractivity contribution in [1.29, 1.82) is 0 Å². The Labute approximate surface area is 134 Å². The van der Waals surface area contributed by atoms with Crippen LogP contribution in [0.5, 0.6) is 0 Å². The Morgan fingerprint density at radius 1 is 1.26 bits per heavy atom. The van der Waals surface area contributed by atoms with E-state index in [-0.39, 0.29) is 13.1 Å². The van der Waals surface area contributed by atoms with Crippen LogP contribution in [0.1, 0.15) is 26.0 Å². The van der Waals surface area contributed by atoms with Gasteiger partial charge in [-0.05, 0) is 12.3 Å². The number of carbonyl (C=O) groups is 1. The molecule has 2 rings (SSSR count). The highest BCUT2D eigenvalue weighted by molar-refractivity contribution is 5.81. The van der Waals surface area contributed by atoms with Crippen LogP contribution >= 0.6 is 0 Å². The minimum absolute atomic E-state index is 0.108. The summed E-state index contributed by atoms with van der Waals surface area (Å²) in [6.07, 6.45) is -0.663. The topological polar surface area (TPSA) is 41.4 Å². The summed E-state index contributed by atoms with van der Waals surface area (Å²) >= 11 is 0. The van der Waals surface area contributed by atoms with Gasteiger partial charge in [0.1, 0.15) is 0 Å². The van der Waals surface area contributed by atoms with Gasteiger partial charge in [-0.2, -0.15) is 13.2 Å². The highest BCUT2D eigenvalue weighted by Gasteiger charge is 2.42. The lowest BCUT2D eigenvalue weighted by molar-refractivity contribution is -0.185. The molecular formula is C15H23F3N4O. The third-order valence-electron chi connectivity index (χ3n) is 3.86. The maximum absolute atomic E-state index is 12.5. The molecule has 130 valence electrons. The highest BCUT2D eigenvalue weighted by atomic mass is 19.4. The van der Waals surface area contributed by atoms with Crippen molar-refractivity contribution in [2.45, 2.75) is 39.5 Å². The number of rotatable bonds is 4. The lowest BCUT2D eigenvalue weighted by Crippen LogP contribution is -2.43. The van der Waals surface area contributed by atoms with Crippen LogP contribution in [0.3, 0.4) is 0 Å². The van der Waals surface area contributed by atoms with Gasteiger partial charge in [0.25, 0.3) is 0 Å². The molecule has 0 aliphatic carbocycles. The molecular weight excluding hydrogens is 309 g/mol. The molecule has 2 heterocycles. The highest BCUT2D eigenvalue weighted by Crippen LogP contribution is 2.20. The predicted molar refractivity (Wildman–Crippen MR) is 79.6 cm³/mol. The van der Waals surface area contributed by atoms with Gasteiger partial charge >= 0.3 is 12.1 Å². The number of hydrogen-bond acceptors (Lipinski definition) is 3. The van der Waals surface area contributed by atoms with E-state index >= 15 is 0 Å². The zero-order valence-electron chi connectivity index (χ0n) is 13.5. The molecule has 23 heavy (non-hydrogen) atoms. The number of amides is 1. The Bertz CT molecular complexity index is 527. The minimum Gasteiger partial charge on any atom is -0.334 e. The number of carbonyl (C=O) groups excluding carboxylic acids is 1. The monoisotopic (exact) mass is 332 g/mol. The van der Waals surface area contributed by atoms with Crippen LogP contribution in [0.2, 0.25) is 0 Å². The molecule has 0 spiro atoms. The lowest BCUT2D eigenvalue weighted by Gasteiger charge is -2.23. The van der Waals surface area contributed by atoms with Crippen LogP contribution in [0.15, 0.2) is 12.5 Å². The average molecular weight is 332 g/mol. The van der Waals surface area contributed by atoms with Crippen molar-refractivity contribution in [2.24, 2.45) is 5.92 Å². The molecule has 0 bridgehead atoms. The van der Waals surface area contributed by atoms with Gasteiger partial charge in [-0.15, -0.1) is 0 Å². The van der Waals surface area contributed by atoms with Crippen molar-refractivity contribution >= 4 is 5.91 Å². The number of halogens is 3. The molecule has 1 aromatic heterocycles. The summed E-state index contributed by atoms with van der Waals surface area (Å²) in [4.78, 5) is 18.5. The van der Waals surface area contributed by atoms with Gasteiger partial charge in [0.05, 0.1) is 12.0 Å². The van der Waals surface area contributed by atoms with Crippen molar-refractivity contribution in [2.75, 3.05) is 26.2 Å². The fraction of sp³-hybridized carbons (Fsp3) is 0.733. The summed E-state index contributed by atoms with van der Waals surface area (Å²) in [5.74, 6) is -1.24. The van der Waals surface area contributed by atoms with Gasteiger partial charge in [0, 0.05) is 45.5 Å². The second-order valence-corrected chi connectivity index (χ2v) is 6.35. The van der Waals surface area contributed by atoms with E-state index in [4.69, 9.17) is 0 Å². The molecule has 0 unspecified atom stereocenters. The van der Waals surface area contributed by atoms with E-state index < -0.39 is 12.1 Å². The first-order chi connectivity index (χ1) is 10.8.